The second-order valence-electron chi connectivity index (χ2n) is 8.10. The first-order valence-electron chi connectivity index (χ1n) is 10.6. The van der Waals surface area contributed by atoms with E-state index >= 15 is 0 Å². The number of anilines is 1. The highest BCUT2D eigenvalue weighted by Gasteiger charge is 2.34. The van der Waals surface area contributed by atoms with Crippen LogP contribution in [-0.4, -0.2) is 29.6 Å². The van der Waals surface area contributed by atoms with Crippen LogP contribution in [0.3, 0.4) is 0 Å². The number of benzene rings is 3. The van der Waals surface area contributed by atoms with E-state index in [1.54, 1.807) is 13.2 Å². The maximum Gasteiger partial charge on any atom is 0.322 e. The summed E-state index contributed by atoms with van der Waals surface area (Å²) in [5, 5.41) is 4.65. The molecule has 0 radical (unpaired) electrons. The second kappa shape index (κ2) is 8.24. The van der Waals surface area contributed by atoms with Crippen molar-refractivity contribution in [3.8, 4) is 5.75 Å². The summed E-state index contributed by atoms with van der Waals surface area (Å²) in [5.74, 6) is 0.824. The highest BCUT2D eigenvalue weighted by Crippen LogP contribution is 2.40. The Kier molecular flexibility index (Phi) is 5.27. The van der Waals surface area contributed by atoms with Crippen LogP contribution in [0.4, 0.5) is 10.5 Å². The van der Waals surface area contributed by atoms with Gasteiger partial charge in [0.1, 0.15) is 5.75 Å². The molecular weight excluding hydrogens is 422 g/mol. The van der Waals surface area contributed by atoms with Crippen molar-refractivity contribution in [3.63, 3.8) is 0 Å². The maximum atomic E-state index is 13.4. The topological polar surface area (TPSA) is 57.4 Å². The molecule has 162 valence electrons. The van der Waals surface area contributed by atoms with Crippen molar-refractivity contribution >= 4 is 34.2 Å². The average molecular weight is 446 g/mol. The highest BCUT2D eigenvalue weighted by molar-refractivity contribution is 6.33. The molecule has 0 saturated heterocycles. The van der Waals surface area contributed by atoms with Gasteiger partial charge in [-0.25, -0.2) is 4.79 Å². The lowest BCUT2D eigenvalue weighted by Crippen LogP contribution is -2.43. The Labute approximate surface area is 192 Å². The van der Waals surface area contributed by atoms with Gasteiger partial charge < -0.3 is 19.9 Å². The first kappa shape index (κ1) is 20.5. The number of urea groups is 1. The number of amides is 2. The number of hydrogen-bond acceptors (Lipinski definition) is 2. The number of nitrogens with one attached hydrogen (secondary N) is 2. The zero-order valence-corrected chi connectivity index (χ0v) is 18.7. The van der Waals surface area contributed by atoms with Crippen molar-refractivity contribution in [2.24, 2.45) is 0 Å². The first-order chi connectivity index (χ1) is 15.5. The molecule has 0 spiro atoms. The molecule has 2 heterocycles. The molecule has 5 nitrogen and oxygen atoms in total. The summed E-state index contributed by atoms with van der Waals surface area (Å²) in [6.07, 6.45) is 0.751. The third-order valence-corrected chi connectivity index (χ3v) is 6.43. The number of carbonyl (C=O) groups excluding carboxylic acids is 1. The van der Waals surface area contributed by atoms with Gasteiger partial charge in [-0.15, -0.1) is 0 Å². The van der Waals surface area contributed by atoms with Gasteiger partial charge in [-0.3, -0.25) is 0 Å². The van der Waals surface area contributed by atoms with Crippen molar-refractivity contribution in [1.29, 1.82) is 0 Å². The van der Waals surface area contributed by atoms with E-state index in [0.717, 1.165) is 34.3 Å². The van der Waals surface area contributed by atoms with E-state index < -0.39 is 0 Å². The summed E-state index contributed by atoms with van der Waals surface area (Å²) < 4.78 is 5.44. The molecule has 1 unspecified atom stereocenters. The van der Waals surface area contributed by atoms with E-state index in [1.807, 2.05) is 35.2 Å². The van der Waals surface area contributed by atoms with Gasteiger partial charge >= 0.3 is 6.03 Å². The Bertz CT molecular complexity index is 1300. The predicted molar refractivity (Wildman–Crippen MR) is 129 cm³/mol. The molecule has 0 saturated carbocycles. The number of nitrogens with zero attached hydrogens (tertiary/aromatic N) is 1. The van der Waals surface area contributed by atoms with E-state index in [2.05, 4.69) is 47.6 Å². The Morgan fingerprint density at radius 2 is 1.91 bits per heavy atom. The van der Waals surface area contributed by atoms with E-state index in [4.69, 9.17) is 16.3 Å². The minimum absolute atomic E-state index is 0.175. The summed E-state index contributed by atoms with van der Waals surface area (Å²) in [6.45, 7) is 2.65. The van der Waals surface area contributed by atoms with Crippen LogP contribution in [0.5, 0.6) is 5.75 Å². The van der Waals surface area contributed by atoms with E-state index in [0.29, 0.717) is 17.3 Å². The fourth-order valence-electron chi connectivity index (χ4n) is 4.46. The monoisotopic (exact) mass is 445 g/mol. The number of rotatable bonds is 3. The normalized spacial score (nSPS) is 15.5. The second-order valence-corrected chi connectivity index (χ2v) is 8.50. The van der Waals surface area contributed by atoms with Crippen molar-refractivity contribution in [2.75, 3.05) is 19.0 Å². The van der Waals surface area contributed by atoms with Crippen LogP contribution >= 0.6 is 11.6 Å². The molecule has 32 heavy (non-hydrogen) atoms. The van der Waals surface area contributed by atoms with Crippen molar-refractivity contribution < 1.29 is 9.53 Å². The number of aromatic nitrogens is 1. The maximum absolute atomic E-state index is 13.4. The number of methoxy groups -OCH3 is 1. The number of H-pyrrole nitrogens is 1. The van der Waals surface area contributed by atoms with Crippen molar-refractivity contribution in [2.45, 2.75) is 19.4 Å². The van der Waals surface area contributed by atoms with Gasteiger partial charge in [0.2, 0.25) is 0 Å². The van der Waals surface area contributed by atoms with E-state index in [9.17, 15) is 4.79 Å². The standard InChI is InChI=1S/C26H24ClN3O2/c1-16-7-9-17(10-8-16)25-24-19(20-15-18(32-2)11-12-22(20)28-24)13-14-30(25)26(31)29-23-6-4-3-5-21(23)27/h3-12,15,25,28H,13-14H2,1-2H3,(H,29,31). The molecule has 1 aliphatic rings. The van der Waals surface area contributed by atoms with Gasteiger partial charge in [-0.05, 0) is 54.8 Å². The van der Waals surface area contributed by atoms with Gasteiger partial charge in [0.25, 0.3) is 0 Å². The van der Waals surface area contributed by atoms with Crippen LogP contribution in [0.1, 0.15) is 28.4 Å². The van der Waals surface area contributed by atoms with Crippen LogP contribution in [0.15, 0.2) is 66.7 Å². The molecule has 0 bridgehead atoms. The van der Waals surface area contributed by atoms with Crippen LogP contribution in [0.2, 0.25) is 5.02 Å². The van der Waals surface area contributed by atoms with Gasteiger partial charge in [-0.1, -0.05) is 53.6 Å². The number of carbonyl (C=O) groups is 1. The molecule has 0 fully saturated rings. The summed E-state index contributed by atoms with van der Waals surface area (Å²) in [7, 11) is 1.68. The molecule has 6 heteroatoms. The number of hydrogen-bond donors (Lipinski definition) is 2. The fraction of sp³-hybridized carbons (Fsp3) is 0.192. The quantitative estimate of drug-likeness (QED) is 0.387. The summed E-state index contributed by atoms with van der Waals surface area (Å²) in [4.78, 5) is 18.9. The molecule has 5 rings (SSSR count). The molecule has 2 N–H and O–H groups in total. The average Bonchev–Trinajstić information content (AvgIpc) is 3.18. The van der Waals surface area contributed by atoms with Crippen LogP contribution in [0, 0.1) is 6.92 Å². The molecular formula is C26H24ClN3O2. The molecule has 4 aromatic rings. The van der Waals surface area contributed by atoms with E-state index in [-0.39, 0.29) is 12.1 Å². The predicted octanol–water partition coefficient (Wildman–Crippen LogP) is 6.32. The summed E-state index contributed by atoms with van der Waals surface area (Å²) >= 11 is 6.29. The number of fused-ring (bicyclic) bond motifs is 3. The van der Waals surface area contributed by atoms with Crippen LogP contribution in [0.25, 0.3) is 10.9 Å². The number of halogens is 1. The lowest BCUT2D eigenvalue weighted by atomic mass is 9.92. The van der Waals surface area contributed by atoms with Gasteiger partial charge in [0.15, 0.2) is 0 Å². The Balaban J connectivity index is 1.59. The lowest BCUT2D eigenvalue weighted by Gasteiger charge is -2.36. The number of para-hydroxylation sites is 1. The van der Waals surface area contributed by atoms with Crippen molar-refractivity contribution in [3.05, 3.63) is 94.1 Å². The largest absolute Gasteiger partial charge is 0.497 e. The van der Waals surface area contributed by atoms with E-state index in [1.165, 1.54) is 11.1 Å². The highest BCUT2D eigenvalue weighted by atomic mass is 35.5. The fourth-order valence-corrected chi connectivity index (χ4v) is 4.64. The number of aryl methyl sites for hydroxylation is 1. The van der Waals surface area contributed by atoms with Crippen LogP contribution in [-0.2, 0) is 6.42 Å². The third kappa shape index (κ3) is 3.59. The SMILES string of the molecule is COc1ccc2[nH]c3c(c2c1)CCN(C(=O)Nc1ccccc1Cl)C3c1ccc(C)cc1. The lowest BCUT2D eigenvalue weighted by molar-refractivity contribution is 0.193. The third-order valence-electron chi connectivity index (χ3n) is 6.10. The molecule has 1 atom stereocenters. The molecule has 0 aliphatic carbocycles. The Morgan fingerprint density at radius 1 is 1.12 bits per heavy atom. The summed E-state index contributed by atoms with van der Waals surface area (Å²) in [6, 6.07) is 21.3. The first-order valence-corrected chi connectivity index (χ1v) is 11.0. The zero-order valence-electron chi connectivity index (χ0n) is 18.0. The minimum atomic E-state index is -0.236. The zero-order chi connectivity index (χ0) is 22.2. The molecule has 2 amide bonds. The number of aromatic amines is 1. The Hall–Kier alpha value is -3.44. The molecule has 1 aliphatic heterocycles. The van der Waals surface area contributed by atoms with Crippen molar-refractivity contribution in [1.82, 2.24) is 9.88 Å². The molecule has 1 aromatic heterocycles. The van der Waals surface area contributed by atoms with Gasteiger partial charge in [-0.2, -0.15) is 0 Å². The Morgan fingerprint density at radius 3 is 2.66 bits per heavy atom. The smallest absolute Gasteiger partial charge is 0.322 e. The molecule has 3 aromatic carbocycles. The van der Waals surface area contributed by atoms with Gasteiger partial charge in [0.05, 0.1) is 23.9 Å². The number of ether oxygens (including phenoxy) is 1. The summed E-state index contributed by atoms with van der Waals surface area (Å²) in [5.41, 5.74) is 6.15. The van der Waals surface area contributed by atoms with Gasteiger partial charge in [0, 0.05) is 23.1 Å². The minimum Gasteiger partial charge on any atom is -0.497 e. The van der Waals surface area contributed by atoms with Crippen LogP contribution < -0.4 is 10.1 Å².